The summed E-state index contributed by atoms with van der Waals surface area (Å²) in [6.45, 7) is 8.76. The zero-order valence-electron chi connectivity index (χ0n) is 13.1. The van der Waals surface area contributed by atoms with Gasteiger partial charge in [-0.05, 0) is 37.8 Å². The Morgan fingerprint density at radius 2 is 2.25 bits per heavy atom. The Hall–Kier alpha value is -0.140. The summed E-state index contributed by atoms with van der Waals surface area (Å²) < 4.78 is 8.10. The van der Waals surface area contributed by atoms with Gasteiger partial charge in [0, 0.05) is 31.7 Å². The van der Waals surface area contributed by atoms with E-state index < -0.39 is 6.23 Å². The van der Waals surface area contributed by atoms with Crippen LogP contribution in [0.4, 0.5) is 0 Å². The summed E-state index contributed by atoms with van der Waals surface area (Å²) in [5, 5.41) is 18.8. The number of rotatable bonds is 7. The maximum Gasteiger partial charge on any atom is 0.129 e. The van der Waals surface area contributed by atoms with Crippen molar-refractivity contribution in [2.45, 2.75) is 52.3 Å². The highest BCUT2D eigenvalue weighted by Crippen LogP contribution is 2.24. The topological polar surface area (TPSA) is 68.6 Å². The van der Waals surface area contributed by atoms with Gasteiger partial charge in [-0.15, -0.1) is 0 Å². The van der Waals surface area contributed by atoms with Crippen LogP contribution in [0.5, 0.6) is 0 Å². The summed E-state index contributed by atoms with van der Waals surface area (Å²) in [6.07, 6.45) is 2.53. The lowest BCUT2D eigenvalue weighted by molar-refractivity contribution is 0.0622. The van der Waals surface area contributed by atoms with Gasteiger partial charge in [0.05, 0.1) is 5.04 Å². The quantitative estimate of drug-likeness (QED) is 0.221. The van der Waals surface area contributed by atoms with Crippen LogP contribution in [0, 0.1) is 10.8 Å². The van der Waals surface area contributed by atoms with Crippen molar-refractivity contribution in [3.63, 3.8) is 0 Å². The van der Waals surface area contributed by atoms with E-state index in [9.17, 15) is 5.11 Å². The molecule has 1 aliphatic heterocycles. The van der Waals surface area contributed by atoms with Gasteiger partial charge in [-0.25, -0.2) is 4.72 Å². The van der Waals surface area contributed by atoms with Gasteiger partial charge in [-0.3, -0.25) is 10.3 Å². The van der Waals surface area contributed by atoms with Gasteiger partial charge >= 0.3 is 0 Å². The predicted octanol–water partition coefficient (Wildman–Crippen LogP) is 2.07. The molecular formula is C14H29N3O2S. The largest absolute Gasteiger partial charge is 0.385 e. The first-order valence-electron chi connectivity index (χ1n) is 7.28. The molecule has 0 aromatic heterocycles. The highest BCUT2D eigenvalue weighted by molar-refractivity contribution is 8.12. The zero-order valence-corrected chi connectivity index (χ0v) is 13.9. The Kier molecular flexibility index (Phi) is 7.47. The molecule has 20 heavy (non-hydrogen) atoms. The zero-order chi connectivity index (χ0) is 15.2. The highest BCUT2D eigenvalue weighted by atomic mass is 32.2. The monoisotopic (exact) mass is 303 g/mol. The summed E-state index contributed by atoms with van der Waals surface area (Å²) in [5.41, 5.74) is -0.175. The molecule has 1 fully saturated rings. The van der Waals surface area contributed by atoms with Gasteiger partial charge in [0.25, 0.3) is 0 Å². The molecule has 0 amide bonds. The van der Waals surface area contributed by atoms with Gasteiger partial charge in [-0.2, -0.15) is 0 Å². The van der Waals surface area contributed by atoms with Gasteiger partial charge in [0.2, 0.25) is 0 Å². The van der Waals surface area contributed by atoms with E-state index in [0.717, 1.165) is 39.0 Å². The maximum absolute atomic E-state index is 10.3. The number of methoxy groups -OCH3 is 1. The van der Waals surface area contributed by atoms with Crippen LogP contribution in [-0.4, -0.2) is 54.1 Å². The third kappa shape index (κ3) is 5.69. The van der Waals surface area contributed by atoms with Crippen LogP contribution >= 0.6 is 11.9 Å². The molecule has 3 N–H and O–H groups in total. The molecule has 0 bridgehead atoms. The average Bonchev–Trinajstić information content (AvgIpc) is 2.83. The fraction of sp³-hybridized carbons (Fsp3) is 0.929. The van der Waals surface area contributed by atoms with Crippen LogP contribution in [0.2, 0.25) is 0 Å². The summed E-state index contributed by atoms with van der Waals surface area (Å²) in [6, 6.07) is 0.145. The molecule has 0 aromatic rings. The van der Waals surface area contributed by atoms with E-state index in [1.165, 1.54) is 11.9 Å². The molecular weight excluding hydrogens is 274 g/mol. The smallest absolute Gasteiger partial charge is 0.129 e. The second kappa shape index (κ2) is 8.34. The third-order valence-corrected chi connectivity index (χ3v) is 4.71. The summed E-state index contributed by atoms with van der Waals surface area (Å²) in [5.74, 6) is 0. The van der Waals surface area contributed by atoms with Crippen molar-refractivity contribution in [2.75, 3.05) is 26.8 Å². The lowest BCUT2D eigenvalue weighted by atomic mass is 9.99. The van der Waals surface area contributed by atoms with Crippen molar-refractivity contribution in [3.8, 4) is 0 Å². The number of ether oxygens (including phenoxy) is 1. The second-order valence-electron chi connectivity index (χ2n) is 6.34. The normalized spacial score (nSPS) is 22.1. The second-order valence-corrected chi connectivity index (χ2v) is 7.18. The van der Waals surface area contributed by atoms with Crippen molar-refractivity contribution >= 4 is 17.0 Å². The molecule has 0 spiro atoms. The number of hydrogen-bond donors (Lipinski definition) is 3. The van der Waals surface area contributed by atoms with Crippen LogP contribution in [0.1, 0.15) is 40.0 Å². The lowest BCUT2D eigenvalue weighted by Gasteiger charge is -2.29. The molecule has 1 saturated heterocycles. The van der Waals surface area contributed by atoms with Gasteiger partial charge in [0.15, 0.2) is 0 Å². The number of aliphatic hydroxyl groups excluding tert-OH is 1. The van der Waals surface area contributed by atoms with E-state index in [-0.39, 0.29) is 11.5 Å². The van der Waals surface area contributed by atoms with E-state index in [1.54, 1.807) is 7.11 Å². The van der Waals surface area contributed by atoms with Crippen LogP contribution in [0.3, 0.4) is 0 Å². The fourth-order valence-electron chi connectivity index (χ4n) is 2.25. The molecule has 118 valence electrons. The third-order valence-electron chi connectivity index (χ3n) is 3.54. The summed E-state index contributed by atoms with van der Waals surface area (Å²) in [4.78, 5) is 2.32. The summed E-state index contributed by atoms with van der Waals surface area (Å²) >= 11 is 1.24. The molecule has 2 atom stereocenters. The van der Waals surface area contributed by atoms with Gasteiger partial charge < -0.3 is 9.84 Å². The van der Waals surface area contributed by atoms with Gasteiger partial charge in [-0.1, -0.05) is 20.8 Å². The minimum Gasteiger partial charge on any atom is -0.385 e. The SMILES string of the molecule is COCCCN1CCC[C@H]1C(O)NSC(=N)C(C)(C)C. The molecule has 1 unspecified atom stereocenters. The van der Waals surface area contributed by atoms with Crippen LogP contribution in [0.25, 0.3) is 0 Å². The number of aliphatic hydroxyl groups is 1. The molecule has 1 aliphatic rings. The number of likely N-dealkylation sites (tertiary alicyclic amines) is 1. The first-order valence-corrected chi connectivity index (χ1v) is 8.10. The number of hydrogen-bond acceptors (Lipinski definition) is 6. The maximum atomic E-state index is 10.3. The van der Waals surface area contributed by atoms with Crippen molar-refractivity contribution in [1.82, 2.24) is 9.62 Å². The van der Waals surface area contributed by atoms with Crippen molar-refractivity contribution in [1.29, 1.82) is 5.41 Å². The highest BCUT2D eigenvalue weighted by Gasteiger charge is 2.31. The van der Waals surface area contributed by atoms with E-state index in [2.05, 4.69) is 9.62 Å². The molecule has 6 heteroatoms. The van der Waals surface area contributed by atoms with Crippen LogP contribution in [0.15, 0.2) is 0 Å². The van der Waals surface area contributed by atoms with E-state index in [4.69, 9.17) is 10.1 Å². The molecule has 0 radical (unpaired) electrons. The molecule has 0 aliphatic carbocycles. The Labute approximate surface area is 127 Å². The number of nitrogens with zero attached hydrogens (tertiary/aromatic N) is 1. The van der Waals surface area contributed by atoms with Crippen molar-refractivity contribution in [3.05, 3.63) is 0 Å². The summed E-state index contributed by atoms with van der Waals surface area (Å²) in [7, 11) is 1.71. The molecule has 0 aromatic carbocycles. The molecule has 5 nitrogen and oxygen atoms in total. The standard InChI is InChI=1S/C14H29N3O2S/c1-14(2,3)13(15)20-16-12(18)11-7-5-8-17(11)9-6-10-19-4/h11-12,15-16,18H,5-10H2,1-4H3/t11-,12?/m0/s1. The molecule has 1 heterocycles. The lowest BCUT2D eigenvalue weighted by Crippen LogP contribution is -2.45. The minimum atomic E-state index is -0.590. The minimum absolute atomic E-state index is 0.145. The number of nitrogens with one attached hydrogen (secondary N) is 2. The molecule has 1 rings (SSSR count). The van der Waals surface area contributed by atoms with Crippen molar-refractivity contribution in [2.24, 2.45) is 5.41 Å². The Morgan fingerprint density at radius 3 is 2.85 bits per heavy atom. The first-order chi connectivity index (χ1) is 9.36. The Bertz CT molecular complexity index is 307. The van der Waals surface area contributed by atoms with Crippen LogP contribution in [-0.2, 0) is 4.74 Å². The Balaban J connectivity index is 2.37. The van der Waals surface area contributed by atoms with Gasteiger partial charge in [0.1, 0.15) is 6.23 Å². The predicted molar refractivity (Wildman–Crippen MR) is 85.0 cm³/mol. The average molecular weight is 303 g/mol. The van der Waals surface area contributed by atoms with Crippen LogP contribution < -0.4 is 4.72 Å². The fourth-order valence-corrected chi connectivity index (χ4v) is 2.95. The van der Waals surface area contributed by atoms with Crippen molar-refractivity contribution < 1.29 is 9.84 Å². The first kappa shape index (κ1) is 17.9. The molecule has 0 saturated carbocycles. The Morgan fingerprint density at radius 1 is 1.55 bits per heavy atom. The van der Waals surface area contributed by atoms with E-state index in [0.29, 0.717) is 5.04 Å². The van der Waals surface area contributed by atoms with E-state index >= 15 is 0 Å². The van der Waals surface area contributed by atoms with E-state index in [1.807, 2.05) is 20.8 Å².